The summed E-state index contributed by atoms with van der Waals surface area (Å²) >= 11 is 0. The number of likely N-dealkylation sites (tertiary alicyclic amines) is 1. The molecule has 1 atom stereocenters. The zero-order valence-corrected chi connectivity index (χ0v) is 12.5. The number of likely N-dealkylation sites (N-methyl/N-ethyl adjacent to an activating group) is 1. The molecule has 2 rings (SSSR count). The molecule has 0 aromatic rings. The maximum Gasteiger partial charge on any atom is 0.237 e. The van der Waals surface area contributed by atoms with E-state index in [2.05, 4.69) is 11.0 Å². The Hall–Kier alpha value is -1.12. The summed E-state index contributed by atoms with van der Waals surface area (Å²) in [4.78, 5) is 16.3. The topological polar surface area (TPSA) is 73.4 Å². The molecule has 2 aliphatic rings. The molecule has 2 N–H and O–H groups in total. The Balaban J connectivity index is 1.93. The lowest BCUT2D eigenvalue weighted by Crippen LogP contribution is -2.52. The van der Waals surface area contributed by atoms with Crippen molar-refractivity contribution in [2.24, 2.45) is 11.7 Å². The van der Waals surface area contributed by atoms with Gasteiger partial charge in [-0.05, 0) is 38.3 Å². The number of hydrogen-bond acceptors (Lipinski definition) is 4. The predicted octanol–water partition coefficient (Wildman–Crippen LogP) is 0.952. The summed E-state index contributed by atoms with van der Waals surface area (Å²) in [6.45, 7) is 2.98. The molecule has 2 fully saturated rings. The smallest absolute Gasteiger partial charge is 0.237 e. The van der Waals surface area contributed by atoms with Crippen LogP contribution in [0.25, 0.3) is 0 Å². The molecule has 5 heteroatoms. The first-order valence-corrected chi connectivity index (χ1v) is 7.71. The fraction of sp³-hybridized carbons (Fsp3) is 0.867. The quantitative estimate of drug-likeness (QED) is 0.831. The van der Waals surface area contributed by atoms with Gasteiger partial charge in [0.2, 0.25) is 5.91 Å². The fourth-order valence-electron chi connectivity index (χ4n) is 3.44. The van der Waals surface area contributed by atoms with Gasteiger partial charge in [-0.3, -0.25) is 9.69 Å². The van der Waals surface area contributed by atoms with Crippen LogP contribution < -0.4 is 5.73 Å². The van der Waals surface area contributed by atoms with Crippen LogP contribution in [0.3, 0.4) is 0 Å². The molecule has 1 saturated heterocycles. The number of nitrogens with two attached hydrogens (primary N) is 1. The van der Waals surface area contributed by atoms with E-state index in [0.717, 1.165) is 45.2 Å². The minimum Gasteiger partial charge on any atom is -0.330 e. The molecule has 20 heavy (non-hydrogen) atoms. The lowest BCUT2D eigenvalue weighted by atomic mass is 9.81. The molecule has 1 amide bonds. The van der Waals surface area contributed by atoms with Gasteiger partial charge in [-0.25, -0.2) is 0 Å². The number of nitrogens with zero attached hydrogens (tertiary/aromatic N) is 3. The standard InChI is InChI=1S/C15H26N4O/c1-18(15(12-17)6-3-2-4-7-15)14(20)11-19-8-5-13(9-16)10-19/h13H,2-11,16H2,1H3. The van der Waals surface area contributed by atoms with Crippen LogP contribution in [0.4, 0.5) is 0 Å². The molecule has 1 unspecified atom stereocenters. The molecule has 0 bridgehead atoms. The van der Waals surface area contributed by atoms with E-state index in [1.54, 1.807) is 11.9 Å². The average molecular weight is 278 g/mol. The van der Waals surface area contributed by atoms with Crippen molar-refractivity contribution in [1.29, 1.82) is 5.26 Å². The zero-order valence-electron chi connectivity index (χ0n) is 12.5. The molecule has 5 nitrogen and oxygen atoms in total. The van der Waals surface area contributed by atoms with Crippen LogP contribution in [0.1, 0.15) is 38.5 Å². The molecular formula is C15H26N4O. The van der Waals surface area contributed by atoms with Crippen molar-refractivity contribution in [2.45, 2.75) is 44.1 Å². The van der Waals surface area contributed by atoms with Crippen molar-refractivity contribution in [3.05, 3.63) is 0 Å². The Morgan fingerprint density at radius 1 is 1.45 bits per heavy atom. The normalized spacial score (nSPS) is 26.1. The number of hydrogen-bond donors (Lipinski definition) is 1. The van der Waals surface area contributed by atoms with Gasteiger partial charge in [0, 0.05) is 13.6 Å². The second-order valence-electron chi connectivity index (χ2n) is 6.28. The summed E-state index contributed by atoms with van der Waals surface area (Å²) in [7, 11) is 1.80. The van der Waals surface area contributed by atoms with E-state index in [1.807, 2.05) is 0 Å². The summed E-state index contributed by atoms with van der Waals surface area (Å²) in [6, 6.07) is 2.41. The average Bonchev–Trinajstić information content (AvgIpc) is 2.94. The molecule has 0 aromatic heterocycles. The van der Waals surface area contributed by atoms with Crippen LogP contribution in [0.5, 0.6) is 0 Å². The van der Waals surface area contributed by atoms with E-state index in [4.69, 9.17) is 5.73 Å². The molecular weight excluding hydrogens is 252 g/mol. The van der Waals surface area contributed by atoms with Crippen LogP contribution in [-0.4, -0.2) is 54.5 Å². The number of amides is 1. The van der Waals surface area contributed by atoms with E-state index in [-0.39, 0.29) is 5.91 Å². The van der Waals surface area contributed by atoms with Crippen molar-refractivity contribution in [1.82, 2.24) is 9.80 Å². The summed E-state index contributed by atoms with van der Waals surface area (Å²) in [5, 5.41) is 9.53. The summed E-state index contributed by atoms with van der Waals surface area (Å²) in [5.74, 6) is 0.596. The van der Waals surface area contributed by atoms with Gasteiger partial charge in [0.05, 0.1) is 12.6 Å². The fourth-order valence-corrected chi connectivity index (χ4v) is 3.44. The van der Waals surface area contributed by atoms with Gasteiger partial charge in [0.15, 0.2) is 0 Å². The minimum absolute atomic E-state index is 0.0751. The molecule has 1 saturated carbocycles. The minimum atomic E-state index is -0.567. The first-order chi connectivity index (χ1) is 9.61. The van der Waals surface area contributed by atoms with Crippen LogP contribution in [0.2, 0.25) is 0 Å². The van der Waals surface area contributed by atoms with Crippen LogP contribution in [0.15, 0.2) is 0 Å². The summed E-state index contributed by atoms with van der Waals surface area (Å²) < 4.78 is 0. The Morgan fingerprint density at radius 3 is 2.70 bits per heavy atom. The highest BCUT2D eigenvalue weighted by molar-refractivity contribution is 5.79. The third-order valence-electron chi connectivity index (χ3n) is 4.97. The van der Waals surface area contributed by atoms with Crippen molar-refractivity contribution in [3.8, 4) is 6.07 Å². The second-order valence-corrected chi connectivity index (χ2v) is 6.28. The van der Waals surface area contributed by atoms with Crippen molar-refractivity contribution in [3.63, 3.8) is 0 Å². The molecule has 1 aliphatic carbocycles. The van der Waals surface area contributed by atoms with E-state index in [9.17, 15) is 10.1 Å². The van der Waals surface area contributed by atoms with Gasteiger partial charge < -0.3 is 10.6 Å². The van der Waals surface area contributed by atoms with Crippen molar-refractivity contribution >= 4 is 5.91 Å². The molecule has 1 heterocycles. The van der Waals surface area contributed by atoms with Gasteiger partial charge in [-0.1, -0.05) is 19.3 Å². The Morgan fingerprint density at radius 2 is 2.15 bits per heavy atom. The SMILES string of the molecule is CN(C(=O)CN1CCC(CN)C1)C1(C#N)CCCCC1. The molecule has 0 radical (unpaired) electrons. The third kappa shape index (κ3) is 3.13. The predicted molar refractivity (Wildman–Crippen MR) is 77.8 cm³/mol. The number of rotatable bonds is 4. The van der Waals surface area contributed by atoms with Crippen molar-refractivity contribution < 1.29 is 4.79 Å². The Kier molecular flexibility index (Phi) is 5.00. The summed E-state index contributed by atoms with van der Waals surface area (Å²) in [5.41, 5.74) is 5.11. The second kappa shape index (κ2) is 6.55. The lowest BCUT2D eigenvalue weighted by Gasteiger charge is -2.39. The van der Waals surface area contributed by atoms with E-state index >= 15 is 0 Å². The van der Waals surface area contributed by atoms with E-state index in [0.29, 0.717) is 19.0 Å². The zero-order chi connectivity index (χ0) is 14.6. The monoisotopic (exact) mass is 278 g/mol. The molecule has 0 spiro atoms. The Bertz CT molecular complexity index is 384. The third-order valence-corrected chi connectivity index (χ3v) is 4.97. The largest absolute Gasteiger partial charge is 0.330 e. The summed E-state index contributed by atoms with van der Waals surface area (Å²) in [6.07, 6.45) is 5.98. The maximum absolute atomic E-state index is 12.5. The maximum atomic E-state index is 12.5. The van der Waals surface area contributed by atoms with Gasteiger partial charge in [-0.2, -0.15) is 5.26 Å². The van der Waals surface area contributed by atoms with Crippen LogP contribution in [0, 0.1) is 17.2 Å². The van der Waals surface area contributed by atoms with Crippen LogP contribution in [-0.2, 0) is 4.79 Å². The van der Waals surface area contributed by atoms with Gasteiger partial charge >= 0.3 is 0 Å². The molecule has 1 aliphatic heterocycles. The molecule has 0 aromatic carbocycles. The van der Waals surface area contributed by atoms with E-state index in [1.165, 1.54) is 6.42 Å². The first-order valence-electron chi connectivity index (χ1n) is 7.71. The Labute approximate surface area is 121 Å². The first kappa shape index (κ1) is 15.3. The number of nitriles is 1. The van der Waals surface area contributed by atoms with E-state index < -0.39 is 5.54 Å². The molecule has 112 valence electrons. The number of carbonyl (C=O) groups is 1. The van der Waals surface area contributed by atoms with Crippen molar-refractivity contribution in [2.75, 3.05) is 33.2 Å². The highest BCUT2D eigenvalue weighted by Gasteiger charge is 2.39. The van der Waals surface area contributed by atoms with Crippen LogP contribution >= 0.6 is 0 Å². The van der Waals surface area contributed by atoms with Gasteiger partial charge in [0.1, 0.15) is 5.54 Å². The lowest BCUT2D eigenvalue weighted by molar-refractivity contribution is -0.135. The highest BCUT2D eigenvalue weighted by atomic mass is 16.2. The number of carbonyl (C=O) groups excluding carboxylic acids is 1. The highest BCUT2D eigenvalue weighted by Crippen LogP contribution is 2.32. The van der Waals surface area contributed by atoms with Gasteiger partial charge in [0.25, 0.3) is 0 Å². The van der Waals surface area contributed by atoms with Gasteiger partial charge in [-0.15, -0.1) is 0 Å².